The lowest BCUT2D eigenvalue weighted by Gasteiger charge is -2.34. The van der Waals surface area contributed by atoms with Crippen molar-refractivity contribution < 1.29 is 18.3 Å². The monoisotopic (exact) mass is 474 g/mol. The molecule has 0 bridgehead atoms. The average Bonchev–Trinajstić information content (AvgIpc) is 3.50. The molecule has 0 radical (unpaired) electrons. The van der Waals surface area contributed by atoms with E-state index in [1.54, 1.807) is 22.8 Å². The second-order valence-corrected chi connectivity index (χ2v) is 8.64. The zero-order valence-corrected chi connectivity index (χ0v) is 18.5. The minimum absolute atomic E-state index is 0.0772. The number of ether oxygens (including phenoxy) is 1. The fraction of sp³-hybridized carbons (Fsp3) is 0.350. The molecule has 5 heterocycles. The zero-order chi connectivity index (χ0) is 23.1. The van der Waals surface area contributed by atoms with Crippen LogP contribution in [0.2, 0.25) is 0 Å². The summed E-state index contributed by atoms with van der Waals surface area (Å²) in [5, 5.41) is 15.4. The zero-order valence-electron chi connectivity index (χ0n) is 17.7. The van der Waals surface area contributed by atoms with E-state index in [-0.39, 0.29) is 28.6 Å². The third kappa shape index (κ3) is 4.28. The Hall–Kier alpha value is -3.45. The van der Waals surface area contributed by atoms with Gasteiger partial charge in [-0.1, -0.05) is 0 Å². The SMILES string of the molecule is CC1CN(c2nc3cc(NC(=O)c4[nH]ncc4-c4nc(C(F)F)cs4)ccn3n2)CC(C)O1. The van der Waals surface area contributed by atoms with Crippen LogP contribution in [0.3, 0.4) is 0 Å². The van der Waals surface area contributed by atoms with Crippen LogP contribution in [0.25, 0.3) is 16.2 Å². The van der Waals surface area contributed by atoms with Crippen LogP contribution in [-0.2, 0) is 4.74 Å². The molecule has 4 aromatic rings. The van der Waals surface area contributed by atoms with Crippen molar-refractivity contribution in [1.29, 1.82) is 0 Å². The predicted molar refractivity (Wildman–Crippen MR) is 118 cm³/mol. The topological polar surface area (TPSA) is 113 Å². The third-order valence-electron chi connectivity index (χ3n) is 5.13. The Morgan fingerprint density at radius 3 is 2.82 bits per heavy atom. The lowest BCUT2D eigenvalue weighted by atomic mass is 10.2. The molecule has 0 aromatic carbocycles. The van der Waals surface area contributed by atoms with Crippen LogP contribution in [0.4, 0.5) is 20.4 Å². The highest BCUT2D eigenvalue weighted by Crippen LogP contribution is 2.30. The van der Waals surface area contributed by atoms with Crippen LogP contribution >= 0.6 is 11.3 Å². The summed E-state index contributed by atoms with van der Waals surface area (Å²) in [6, 6.07) is 3.40. The Kier molecular flexibility index (Phi) is 5.50. The summed E-state index contributed by atoms with van der Waals surface area (Å²) < 4.78 is 33.2. The molecule has 10 nitrogen and oxygen atoms in total. The standard InChI is InChI=1S/C20H20F2N8O2S/c1-10-7-29(8-11(2)32-10)20-26-15-5-12(3-4-30(15)28-20)24-18(31)16-13(6-23-27-16)19-25-14(9-33-19)17(21)22/h3-6,9-11,17H,7-8H2,1-2H3,(H,23,27)(H,24,31). The predicted octanol–water partition coefficient (Wildman–Crippen LogP) is 3.38. The van der Waals surface area contributed by atoms with E-state index in [0.717, 1.165) is 11.3 Å². The van der Waals surface area contributed by atoms with E-state index in [4.69, 9.17) is 4.74 Å². The van der Waals surface area contributed by atoms with Crippen molar-refractivity contribution in [2.45, 2.75) is 32.5 Å². The molecule has 1 saturated heterocycles. The summed E-state index contributed by atoms with van der Waals surface area (Å²) in [5.41, 5.74) is 1.22. The molecule has 33 heavy (non-hydrogen) atoms. The summed E-state index contributed by atoms with van der Waals surface area (Å²) >= 11 is 1.03. The van der Waals surface area contributed by atoms with Gasteiger partial charge in [-0.2, -0.15) is 10.1 Å². The lowest BCUT2D eigenvalue weighted by Crippen LogP contribution is -2.46. The molecular formula is C20H20F2N8O2S. The molecule has 1 aliphatic rings. The van der Waals surface area contributed by atoms with Crippen molar-refractivity contribution >= 4 is 34.5 Å². The number of hydrogen-bond acceptors (Lipinski definition) is 8. The van der Waals surface area contributed by atoms with Crippen molar-refractivity contribution in [2.75, 3.05) is 23.3 Å². The van der Waals surface area contributed by atoms with Gasteiger partial charge in [0, 0.05) is 36.4 Å². The summed E-state index contributed by atoms with van der Waals surface area (Å²) in [7, 11) is 0. The number of rotatable bonds is 5. The van der Waals surface area contributed by atoms with Crippen molar-refractivity contribution in [3.05, 3.63) is 41.3 Å². The lowest BCUT2D eigenvalue weighted by molar-refractivity contribution is -0.00570. The summed E-state index contributed by atoms with van der Waals surface area (Å²) in [6.45, 7) is 5.40. The number of carbonyl (C=O) groups excluding carboxylic acids is 1. The van der Waals surface area contributed by atoms with Crippen molar-refractivity contribution in [2.24, 2.45) is 0 Å². The molecular weight excluding hydrogens is 454 g/mol. The van der Waals surface area contributed by atoms with E-state index < -0.39 is 12.3 Å². The van der Waals surface area contributed by atoms with Gasteiger partial charge in [0.2, 0.25) is 5.95 Å². The Balaban J connectivity index is 1.35. The molecule has 13 heteroatoms. The van der Waals surface area contributed by atoms with E-state index in [2.05, 4.69) is 35.5 Å². The molecule has 1 aliphatic heterocycles. The van der Waals surface area contributed by atoms with Crippen LogP contribution in [-0.4, -0.2) is 61.0 Å². The average molecular weight is 474 g/mol. The number of morpholine rings is 1. The molecule has 5 rings (SSSR count). The molecule has 0 saturated carbocycles. The Morgan fingerprint density at radius 1 is 1.30 bits per heavy atom. The smallest absolute Gasteiger partial charge is 0.281 e. The van der Waals surface area contributed by atoms with E-state index in [0.29, 0.717) is 35.9 Å². The van der Waals surface area contributed by atoms with E-state index >= 15 is 0 Å². The number of amides is 1. The molecule has 0 aliphatic carbocycles. The maximum Gasteiger partial charge on any atom is 0.281 e. The number of nitrogens with zero attached hydrogens (tertiary/aromatic N) is 6. The molecule has 172 valence electrons. The largest absolute Gasteiger partial charge is 0.372 e. The molecule has 1 fully saturated rings. The highest BCUT2D eigenvalue weighted by atomic mass is 32.1. The van der Waals surface area contributed by atoms with E-state index in [9.17, 15) is 13.6 Å². The number of H-pyrrole nitrogens is 1. The maximum absolute atomic E-state index is 12.9. The number of alkyl halides is 2. The van der Waals surface area contributed by atoms with Crippen LogP contribution in [0.15, 0.2) is 29.9 Å². The number of halogens is 2. The van der Waals surface area contributed by atoms with Gasteiger partial charge < -0.3 is 15.0 Å². The van der Waals surface area contributed by atoms with Gasteiger partial charge in [0.1, 0.15) is 16.4 Å². The van der Waals surface area contributed by atoms with Crippen molar-refractivity contribution in [3.8, 4) is 10.6 Å². The van der Waals surface area contributed by atoms with Gasteiger partial charge in [0.25, 0.3) is 12.3 Å². The van der Waals surface area contributed by atoms with Crippen LogP contribution in [0.1, 0.15) is 36.5 Å². The number of pyridine rings is 1. The number of thiazole rings is 1. The molecule has 0 spiro atoms. The fourth-order valence-electron chi connectivity index (χ4n) is 3.75. The highest BCUT2D eigenvalue weighted by Gasteiger charge is 2.25. The van der Waals surface area contributed by atoms with Gasteiger partial charge in [-0.3, -0.25) is 9.89 Å². The number of fused-ring (bicyclic) bond motifs is 1. The maximum atomic E-state index is 12.9. The first-order valence-electron chi connectivity index (χ1n) is 10.2. The quantitative estimate of drug-likeness (QED) is 0.456. The van der Waals surface area contributed by atoms with E-state index in [1.807, 2.05) is 13.8 Å². The second kappa shape index (κ2) is 8.48. The number of hydrogen-bond donors (Lipinski definition) is 2. The Bertz CT molecular complexity index is 1290. The van der Waals surface area contributed by atoms with Crippen molar-refractivity contribution in [1.82, 2.24) is 29.8 Å². The first-order chi connectivity index (χ1) is 15.9. The minimum atomic E-state index is -2.68. The molecule has 2 atom stereocenters. The first kappa shape index (κ1) is 21.4. The number of nitrogens with one attached hydrogen (secondary N) is 2. The van der Waals surface area contributed by atoms with Crippen LogP contribution in [0, 0.1) is 0 Å². The van der Waals surface area contributed by atoms with Crippen LogP contribution in [0.5, 0.6) is 0 Å². The third-order valence-corrected chi connectivity index (χ3v) is 6.02. The second-order valence-electron chi connectivity index (χ2n) is 7.78. The Morgan fingerprint density at radius 2 is 2.09 bits per heavy atom. The fourth-order valence-corrected chi connectivity index (χ4v) is 4.58. The molecule has 1 amide bonds. The van der Waals surface area contributed by atoms with Gasteiger partial charge in [-0.15, -0.1) is 16.4 Å². The minimum Gasteiger partial charge on any atom is -0.372 e. The number of carbonyl (C=O) groups is 1. The van der Waals surface area contributed by atoms with Crippen molar-refractivity contribution in [3.63, 3.8) is 0 Å². The molecule has 4 aromatic heterocycles. The number of aromatic amines is 1. The van der Waals surface area contributed by atoms with Crippen LogP contribution < -0.4 is 10.2 Å². The molecule has 2 unspecified atom stereocenters. The summed E-state index contributed by atoms with van der Waals surface area (Å²) in [5.74, 6) is 0.117. The van der Waals surface area contributed by atoms with Gasteiger partial charge >= 0.3 is 0 Å². The summed E-state index contributed by atoms with van der Waals surface area (Å²) in [4.78, 5) is 23.4. The summed E-state index contributed by atoms with van der Waals surface area (Å²) in [6.07, 6.45) is 0.573. The number of anilines is 2. The van der Waals surface area contributed by atoms with Gasteiger partial charge in [-0.05, 0) is 19.9 Å². The molecule has 2 N–H and O–H groups in total. The van der Waals surface area contributed by atoms with Gasteiger partial charge in [0.15, 0.2) is 5.65 Å². The first-order valence-corrected chi connectivity index (χ1v) is 11.1. The van der Waals surface area contributed by atoms with Gasteiger partial charge in [0.05, 0.1) is 24.0 Å². The number of aromatic nitrogens is 6. The van der Waals surface area contributed by atoms with Gasteiger partial charge in [-0.25, -0.2) is 18.3 Å². The normalized spacial score (nSPS) is 18.9. The Labute approximate surface area is 190 Å². The van der Waals surface area contributed by atoms with E-state index in [1.165, 1.54) is 11.6 Å². The highest BCUT2D eigenvalue weighted by molar-refractivity contribution is 7.13.